The summed E-state index contributed by atoms with van der Waals surface area (Å²) >= 11 is 0. The highest BCUT2D eigenvalue weighted by atomic mass is 31.2. The van der Waals surface area contributed by atoms with Crippen molar-refractivity contribution in [2.75, 3.05) is 0 Å². The fourth-order valence-electron chi connectivity index (χ4n) is 6.05. The van der Waals surface area contributed by atoms with Gasteiger partial charge in [0.05, 0.1) is 0 Å². The van der Waals surface area contributed by atoms with Gasteiger partial charge >= 0.3 is 6.92 Å². The predicted molar refractivity (Wildman–Crippen MR) is 173 cm³/mol. The third-order valence-electron chi connectivity index (χ3n) is 7.64. The Morgan fingerprint density at radius 3 is 1.48 bits per heavy atom. The molecule has 0 fully saturated rings. The summed E-state index contributed by atoms with van der Waals surface area (Å²) in [5.41, 5.74) is 8.97. The van der Waals surface area contributed by atoms with Gasteiger partial charge in [0.15, 0.2) is 7.14 Å². The Morgan fingerprint density at radius 1 is 0.550 bits per heavy atom. The van der Waals surface area contributed by atoms with Crippen molar-refractivity contribution in [1.82, 2.24) is 0 Å². The van der Waals surface area contributed by atoms with E-state index in [-0.39, 0.29) is 0 Å². The predicted octanol–water partition coefficient (Wildman–Crippen LogP) is 6.36. The largest absolute Gasteiger partial charge is 0.551 e. The topological polar surface area (TPSA) is 26.3 Å². The summed E-state index contributed by atoms with van der Waals surface area (Å²) in [5, 5.41) is 2.43. The molecule has 5 aromatic carbocycles. The first-order chi connectivity index (χ1) is 19.2. The molecule has 0 heterocycles. The Labute approximate surface area is 239 Å². The van der Waals surface area contributed by atoms with Gasteiger partial charge in [-0.05, 0) is 63.6 Å². The average molecular weight is 542 g/mol. The molecule has 4 heteroatoms. The van der Waals surface area contributed by atoms with E-state index in [4.69, 9.17) is 4.65 Å². The van der Waals surface area contributed by atoms with Gasteiger partial charge in [-0.15, -0.1) is 0 Å². The maximum atomic E-state index is 15.6. The average Bonchev–Trinajstić information content (AvgIpc) is 2.94. The van der Waals surface area contributed by atoms with Crippen molar-refractivity contribution in [3.05, 3.63) is 143 Å². The molecule has 0 atom stereocenters. The molecule has 5 rings (SSSR count). The second-order valence-corrected chi connectivity index (χ2v) is 13.6. The Hall–Kier alpha value is -3.81. The zero-order valence-corrected chi connectivity index (χ0v) is 25.1. The van der Waals surface area contributed by atoms with Gasteiger partial charge in [0.25, 0.3) is 0 Å². The lowest BCUT2D eigenvalue weighted by molar-refractivity contribution is 0.580. The molecule has 0 unspecified atom stereocenters. The van der Waals surface area contributed by atoms with Crippen molar-refractivity contribution in [2.45, 2.75) is 41.5 Å². The molecular formula is C36H36BO2P. The van der Waals surface area contributed by atoms with Crippen molar-refractivity contribution in [2.24, 2.45) is 0 Å². The molecule has 0 bridgehead atoms. The Morgan fingerprint density at radius 2 is 0.975 bits per heavy atom. The minimum atomic E-state index is -3.24. The zero-order valence-electron chi connectivity index (χ0n) is 24.2. The van der Waals surface area contributed by atoms with Gasteiger partial charge in [-0.2, -0.15) is 0 Å². The van der Waals surface area contributed by atoms with Gasteiger partial charge in [-0.3, -0.25) is 0 Å². The molecule has 5 aromatic rings. The second kappa shape index (κ2) is 11.4. The van der Waals surface area contributed by atoms with Crippen molar-refractivity contribution >= 4 is 40.9 Å². The highest BCUT2D eigenvalue weighted by Crippen LogP contribution is 2.42. The smallest absolute Gasteiger partial charge is 0.427 e. The second-order valence-electron chi connectivity index (χ2n) is 10.9. The molecule has 0 N–H and O–H groups in total. The van der Waals surface area contributed by atoms with Crippen LogP contribution in [0.2, 0.25) is 0 Å². The van der Waals surface area contributed by atoms with Crippen molar-refractivity contribution in [3.8, 4) is 5.75 Å². The van der Waals surface area contributed by atoms with Gasteiger partial charge in [0.1, 0.15) is 5.75 Å². The Balaban J connectivity index is 1.82. The molecule has 40 heavy (non-hydrogen) atoms. The maximum Gasteiger partial charge on any atom is 0.427 e. The maximum absolute atomic E-state index is 15.6. The number of hydrogen-bond acceptors (Lipinski definition) is 2. The van der Waals surface area contributed by atoms with E-state index in [0.29, 0.717) is 0 Å². The summed E-state index contributed by atoms with van der Waals surface area (Å²) in [6.45, 7) is 12.3. The van der Waals surface area contributed by atoms with Crippen LogP contribution in [0.15, 0.2) is 109 Å². The lowest BCUT2D eigenvalue weighted by Crippen LogP contribution is -2.56. The Bertz CT molecular complexity index is 1620. The van der Waals surface area contributed by atoms with Crippen LogP contribution in [-0.2, 0) is 4.57 Å². The standard InChI is InChI=1S/C36H36BO2P/c1-25-21-27(3)35(28(4)22-25)37(39-36-29(5)23-26(2)24-30(36)6)33-19-13-14-20-34(33)40(38,31-15-9-7-10-16-31)32-17-11-8-12-18-32/h7-24H,1-6H3. The molecule has 0 amide bonds. The van der Waals surface area contributed by atoms with Crippen LogP contribution in [0.4, 0.5) is 0 Å². The Kier molecular flexibility index (Phi) is 7.88. The third kappa shape index (κ3) is 5.19. The monoisotopic (exact) mass is 542 g/mol. The van der Waals surface area contributed by atoms with Crippen molar-refractivity contribution in [3.63, 3.8) is 0 Å². The fraction of sp³-hybridized carbons (Fsp3) is 0.167. The van der Waals surface area contributed by atoms with Crippen LogP contribution in [0.5, 0.6) is 5.75 Å². The summed E-state index contributed by atoms with van der Waals surface area (Å²) in [7, 11) is -3.24. The highest BCUT2D eigenvalue weighted by molar-refractivity contribution is 7.85. The van der Waals surface area contributed by atoms with E-state index >= 15 is 4.57 Å². The summed E-state index contributed by atoms with van der Waals surface area (Å²) in [5.74, 6) is 0.874. The van der Waals surface area contributed by atoms with E-state index < -0.39 is 14.1 Å². The molecule has 200 valence electrons. The van der Waals surface area contributed by atoms with Gasteiger partial charge in [-0.25, -0.2) is 0 Å². The van der Waals surface area contributed by atoms with Crippen LogP contribution < -0.4 is 31.5 Å². The van der Waals surface area contributed by atoms with Crippen LogP contribution in [0.1, 0.15) is 33.4 Å². The number of rotatable bonds is 7. The third-order valence-corrected chi connectivity index (χ3v) is 10.8. The van der Waals surface area contributed by atoms with E-state index in [9.17, 15) is 0 Å². The molecule has 0 aliphatic carbocycles. The highest BCUT2D eigenvalue weighted by Gasteiger charge is 2.38. The first-order valence-corrected chi connectivity index (χ1v) is 15.5. The first kappa shape index (κ1) is 27.8. The van der Waals surface area contributed by atoms with Crippen LogP contribution >= 0.6 is 7.14 Å². The summed E-state index contributed by atoms with van der Waals surface area (Å²) in [4.78, 5) is 0. The van der Waals surface area contributed by atoms with E-state index in [1.807, 2.05) is 78.9 Å². The molecule has 2 nitrogen and oxygen atoms in total. The summed E-state index contributed by atoms with van der Waals surface area (Å²) < 4.78 is 22.7. The molecule has 0 saturated carbocycles. The van der Waals surface area contributed by atoms with Crippen molar-refractivity contribution in [1.29, 1.82) is 0 Å². The molecule has 0 saturated heterocycles. The fourth-order valence-corrected chi connectivity index (χ4v) is 8.94. The number of aryl methyl sites for hydroxylation is 6. The molecule has 0 radical (unpaired) electrons. The van der Waals surface area contributed by atoms with E-state index in [1.165, 1.54) is 11.1 Å². The quantitative estimate of drug-likeness (QED) is 0.177. The van der Waals surface area contributed by atoms with E-state index in [1.54, 1.807) is 0 Å². The van der Waals surface area contributed by atoms with Crippen LogP contribution in [0, 0.1) is 41.5 Å². The lowest BCUT2D eigenvalue weighted by Gasteiger charge is -2.28. The van der Waals surface area contributed by atoms with Gasteiger partial charge in [-0.1, -0.05) is 131 Å². The van der Waals surface area contributed by atoms with E-state index in [2.05, 4.69) is 71.9 Å². The molecule has 0 spiro atoms. The van der Waals surface area contributed by atoms with Gasteiger partial charge in [0.2, 0.25) is 0 Å². The molecule has 0 aromatic heterocycles. The minimum absolute atomic E-state index is 0.447. The summed E-state index contributed by atoms with van der Waals surface area (Å²) in [6, 6.07) is 36.6. The lowest BCUT2D eigenvalue weighted by atomic mass is 9.52. The SMILES string of the molecule is Cc1cc(C)c(OB(c2ccccc2P(=O)(c2ccccc2)c2ccccc2)c2c(C)cc(C)cc2C)c(C)c1. The van der Waals surface area contributed by atoms with Gasteiger partial charge < -0.3 is 9.22 Å². The number of hydrogen-bond donors (Lipinski definition) is 0. The molecule has 0 aliphatic heterocycles. The summed E-state index contributed by atoms with van der Waals surface area (Å²) in [6.07, 6.45) is 0. The van der Waals surface area contributed by atoms with Gasteiger partial charge in [0, 0.05) is 15.9 Å². The molecular weight excluding hydrogens is 506 g/mol. The minimum Gasteiger partial charge on any atom is -0.551 e. The van der Waals surface area contributed by atoms with Crippen LogP contribution in [-0.4, -0.2) is 6.92 Å². The molecule has 0 aliphatic rings. The van der Waals surface area contributed by atoms with Crippen LogP contribution in [0.25, 0.3) is 0 Å². The van der Waals surface area contributed by atoms with Crippen molar-refractivity contribution < 1.29 is 9.22 Å². The normalized spacial score (nSPS) is 11.3. The zero-order chi connectivity index (χ0) is 28.4. The van der Waals surface area contributed by atoms with E-state index in [0.717, 1.165) is 54.8 Å². The first-order valence-electron chi connectivity index (χ1n) is 13.8. The van der Waals surface area contributed by atoms with Crippen LogP contribution in [0.3, 0.4) is 0 Å². The number of benzene rings is 5.